The summed E-state index contributed by atoms with van der Waals surface area (Å²) in [7, 11) is 1.83. The van der Waals surface area contributed by atoms with Gasteiger partial charge in [-0.05, 0) is 46.7 Å². The summed E-state index contributed by atoms with van der Waals surface area (Å²) in [6, 6.07) is 0.659. The summed E-state index contributed by atoms with van der Waals surface area (Å²) in [6.07, 6.45) is 2.62. The molecule has 5 nitrogen and oxygen atoms in total. The van der Waals surface area contributed by atoms with Crippen LogP contribution < -0.4 is 16.0 Å². The molecule has 1 aliphatic rings. The molecule has 0 aliphatic carbocycles. The van der Waals surface area contributed by atoms with E-state index in [4.69, 9.17) is 0 Å². The van der Waals surface area contributed by atoms with Crippen LogP contribution in [-0.4, -0.2) is 62.2 Å². The van der Waals surface area contributed by atoms with Crippen molar-refractivity contribution in [2.24, 2.45) is 4.99 Å². The molecule has 0 bridgehead atoms. The van der Waals surface area contributed by atoms with Gasteiger partial charge in [-0.2, -0.15) is 0 Å². The second kappa shape index (κ2) is 8.47. The molecular formula is C15H33N5. The molecule has 5 heteroatoms. The first kappa shape index (κ1) is 17.2. The third-order valence-electron chi connectivity index (χ3n) is 3.71. The number of hydrogen-bond acceptors (Lipinski definition) is 3. The van der Waals surface area contributed by atoms with Gasteiger partial charge in [-0.1, -0.05) is 6.92 Å². The minimum atomic E-state index is 0.171. The summed E-state index contributed by atoms with van der Waals surface area (Å²) in [5.74, 6) is 0.906. The molecule has 0 radical (unpaired) electrons. The zero-order valence-electron chi connectivity index (χ0n) is 13.9. The van der Waals surface area contributed by atoms with E-state index >= 15 is 0 Å². The lowest BCUT2D eigenvalue weighted by Gasteiger charge is -2.24. The Balaban J connectivity index is 2.20. The van der Waals surface area contributed by atoms with Crippen molar-refractivity contribution in [2.75, 3.05) is 39.8 Å². The van der Waals surface area contributed by atoms with Crippen LogP contribution in [-0.2, 0) is 0 Å². The van der Waals surface area contributed by atoms with Gasteiger partial charge in [0.15, 0.2) is 5.96 Å². The smallest absolute Gasteiger partial charge is 0.191 e. The molecule has 1 atom stereocenters. The van der Waals surface area contributed by atoms with Crippen molar-refractivity contribution in [1.29, 1.82) is 0 Å². The van der Waals surface area contributed by atoms with Crippen molar-refractivity contribution < 1.29 is 0 Å². The predicted octanol–water partition coefficient (Wildman–Crippen LogP) is 1.02. The van der Waals surface area contributed by atoms with Gasteiger partial charge < -0.3 is 16.0 Å². The Kier molecular flexibility index (Phi) is 7.30. The average Bonchev–Trinajstić information content (AvgIpc) is 2.84. The van der Waals surface area contributed by atoms with Crippen LogP contribution in [0.4, 0.5) is 0 Å². The van der Waals surface area contributed by atoms with Crippen molar-refractivity contribution in [1.82, 2.24) is 20.9 Å². The fourth-order valence-electron chi connectivity index (χ4n) is 2.60. The molecule has 0 aromatic rings. The summed E-state index contributed by atoms with van der Waals surface area (Å²) in [5.41, 5.74) is 0.171. The standard InChI is InChI=1S/C15H33N5/c1-6-20-11-7-8-13(20)12-18-14(16-5)17-9-10-19-15(2,3)4/h13,19H,6-12H2,1-5H3,(H2,16,17,18). The molecule has 118 valence electrons. The Hall–Kier alpha value is -0.810. The summed E-state index contributed by atoms with van der Waals surface area (Å²) >= 11 is 0. The van der Waals surface area contributed by atoms with E-state index in [0.29, 0.717) is 6.04 Å². The van der Waals surface area contributed by atoms with Crippen molar-refractivity contribution in [3.63, 3.8) is 0 Å². The van der Waals surface area contributed by atoms with E-state index in [-0.39, 0.29) is 5.54 Å². The van der Waals surface area contributed by atoms with Crippen LogP contribution in [0.25, 0.3) is 0 Å². The Morgan fingerprint density at radius 1 is 1.25 bits per heavy atom. The van der Waals surface area contributed by atoms with E-state index < -0.39 is 0 Å². The molecule has 1 aliphatic heterocycles. The zero-order chi connectivity index (χ0) is 15.0. The molecule has 0 spiro atoms. The van der Waals surface area contributed by atoms with Crippen LogP contribution in [0.3, 0.4) is 0 Å². The number of hydrogen-bond donors (Lipinski definition) is 3. The number of likely N-dealkylation sites (N-methyl/N-ethyl adjacent to an activating group) is 1. The van der Waals surface area contributed by atoms with E-state index in [1.54, 1.807) is 0 Å². The number of aliphatic imine (C=N–C) groups is 1. The molecule has 1 unspecified atom stereocenters. The molecule has 0 amide bonds. The summed E-state index contributed by atoms with van der Waals surface area (Å²) in [5, 5.41) is 10.3. The van der Waals surface area contributed by atoms with E-state index in [1.165, 1.54) is 19.4 Å². The van der Waals surface area contributed by atoms with Gasteiger partial charge in [0.2, 0.25) is 0 Å². The van der Waals surface area contributed by atoms with E-state index in [0.717, 1.165) is 32.1 Å². The highest BCUT2D eigenvalue weighted by atomic mass is 15.2. The first-order chi connectivity index (χ1) is 9.46. The molecule has 1 saturated heterocycles. The van der Waals surface area contributed by atoms with Crippen LogP contribution in [0.5, 0.6) is 0 Å². The average molecular weight is 283 g/mol. The first-order valence-electron chi connectivity index (χ1n) is 7.90. The molecule has 3 N–H and O–H groups in total. The maximum atomic E-state index is 4.28. The zero-order valence-corrected chi connectivity index (χ0v) is 13.9. The normalized spacial score (nSPS) is 21.2. The maximum absolute atomic E-state index is 4.28. The number of nitrogens with zero attached hydrogens (tertiary/aromatic N) is 2. The molecule has 20 heavy (non-hydrogen) atoms. The topological polar surface area (TPSA) is 51.7 Å². The first-order valence-corrected chi connectivity index (χ1v) is 7.90. The van der Waals surface area contributed by atoms with Crippen LogP contribution in [0, 0.1) is 0 Å². The third kappa shape index (κ3) is 6.57. The fourth-order valence-corrected chi connectivity index (χ4v) is 2.60. The lowest BCUT2D eigenvalue weighted by molar-refractivity contribution is 0.267. The van der Waals surface area contributed by atoms with Crippen molar-refractivity contribution >= 4 is 5.96 Å². The summed E-state index contributed by atoms with van der Waals surface area (Å²) < 4.78 is 0. The predicted molar refractivity (Wildman–Crippen MR) is 87.4 cm³/mol. The maximum Gasteiger partial charge on any atom is 0.191 e. The highest BCUT2D eigenvalue weighted by Gasteiger charge is 2.22. The largest absolute Gasteiger partial charge is 0.355 e. The number of guanidine groups is 1. The lowest BCUT2D eigenvalue weighted by atomic mass is 10.1. The second-order valence-electron chi connectivity index (χ2n) is 6.48. The molecular weight excluding hydrogens is 250 g/mol. The Morgan fingerprint density at radius 2 is 2.00 bits per heavy atom. The number of likely N-dealkylation sites (tertiary alicyclic amines) is 1. The fraction of sp³-hybridized carbons (Fsp3) is 0.933. The molecule has 0 aromatic carbocycles. The lowest BCUT2D eigenvalue weighted by Crippen LogP contribution is -2.47. The van der Waals surface area contributed by atoms with Gasteiger partial charge in [-0.3, -0.25) is 9.89 Å². The number of rotatable bonds is 6. The molecule has 0 aromatic heterocycles. The van der Waals surface area contributed by atoms with Crippen LogP contribution in [0.15, 0.2) is 4.99 Å². The minimum absolute atomic E-state index is 0.171. The van der Waals surface area contributed by atoms with Gasteiger partial charge in [-0.25, -0.2) is 0 Å². The molecule has 1 fully saturated rings. The quantitative estimate of drug-likeness (QED) is 0.387. The van der Waals surface area contributed by atoms with E-state index in [9.17, 15) is 0 Å². The van der Waals surface area contributed by atoms with E-state index in [1.807, 2.05) is 7.05 Å². The Labute approximate surface area is 124 Å². The third-order valence-corrected chi connectivity index (χ3v) is 3.71. The molecule has 1 heterocycles. The second-order valence-corrected chi connectivity index (χ2v) is 6.48. The SMILES string of the molecule is CCN1CCCC1CNC(=NC)NCCNC(C)(C)C. The highest BCUT2D eigenvalue weighted by Crippen LogP contribution is 2.15. The monoisotopic (exact) mass is 283 g/mol. The van der Waals surface area contributed by atoms with Crippen LogP contribution >= 0.6 is 0 Å². The summed E-state index contributed by atoms with van der Waals surface area (Å²) in [4.78, 5) is 6.83. The van der Waals surface area contributed by atoms with Crippen molar-refractivity contribution in [2.45, 2.75) is 52.1 Å². The van der Waals surface area contributed by atoms with Gasteiger partial charge in [0.05, 0.1) is 0 Å². The van der Waals surface area contributed by atoms with Crippen molar-refractivity contribution in [3.8, 4) is 0 Å². The Morgan fingerprint density at radius 3 is 2.60 bits per heavy atom. The highest BCUT2D eigenvalue weighted by molar-refractivity contribution is 5.79. The van der Waals surface area contributed by atoms with Gasteiger partial charge in [0.1, 0.15) is 0 Å². The van der Waals surface area contributed by atoms with Crippen LogP contribution in [0.2, 0.25) is 0 Å². The minimum Gasteiger partial charge on any atom is -0.355 e. The van der Waals surface area contributed by atoms with E-state index in [2.05, 4.69) is 53.5 Å². The molecule has 0 saturated carbocycles. The van der Waals surface area contributed by atoms with Crippen molar-refractivity contribution in [3.05, 3.63) is 0 Å². The molecule has 1 rings (SSSR count). The van der Waals surface area contributed by atoms with Gasteiger partial charge in [-0.15, -0.1) is 0 Å². The van der Waals surface area contributed by atoms with Crippen LogP contribution in [0.1, 0.15) is 40.5 Å². The van der Waals surface area contributed by atoms with Gasteiger partial charge >= 0.3 is 0 Å². The number of nitrogens with one attached hydrogen (secondary N) is 3. The van der Waals surface area contributed by atoms with Gasteiger partial charge in [0, 0.05) is 38.3 Å². The Bertz CT molecular complexity index is 295. The summed E-state index contributed by atoms with van der Waals surface area (Å²) in [6.45, 7) is 14.0. The van der Waals surface area contributed by atoms with Gasteiger partial charge in [0.25, 0.3) is 0 Å².